The summed E-state index contributed by atoms with van der Waals surface area (Å²) in [7, 11) is 4.19. The van der Waals surface area contributed by atoms with Crippen LogP contribution in [0.4, 0.5) is 0 Å². The van der Waals surface area contributed by atoms with E-state index in [1.807, 2.05) is 6.08 Å². The van der Waals surface area contributed by atoms with Crippen molar-refractivity contribution < 1.29 is 0 Å². The van der Waals surface area contributed by atoms with E-state index >= 15 is 0 Å². The highest BCUT2D eigenvalue weighted by Crippen LogP contribution is 2.01. The molecule has 0 amide bonds. The van der Waals surface area contributed by atoms with Gasteiger partial charge >= 0.3 is 0 Å². The summed E-state index contributed by atoms with van der Waals surface area (Å²) in [4.78, 5) is 2.19. The summed E-state index contributed by atoms with van der Waals surface area (Å²) in [5, 5.41) is 0. The van der Waals surface area contributed by atoms with E-state index in [4.69, 9.17) is 0 Å². The van der Waals surface area contributed by atoms with Gasteiger partial charge in [0.15, 0.2) is 0 Å². The molecule has 0 heterocycles. The van der Waals surface area contributed by atoms with Crippen LogP contribution in [0.2, 0.25) is 0 Å². The van der Waals surface area contributed by atoms with Gasteiger partial charge in [-0.05, 0) is 33.0 Å². The molecule has 0 aromatic heterocycles. The summed E-state index contributed by atoms with van der Waals surface area (Å²) in [5.74, 6) is 0.660. The zero-order valence-electron chi connectivity index (χ0n) is 6.72. The van der Waals surface area contributed by atoms with E-state index in [9.17, 15) is 0 Å². The molecule has 0 saturated carbocycles. The molecule has 0 fully saturated rings. The van der Waals surface area contributed by atoms with Gasteiger partial charge in [0, 0.05) is 0 Å². The molecule has 0 spiro atoms. The normalized spacial score (nSPS) is 13.8. The number of nitrogens with zero attached hydrogens (tertiary/aromatic N) is 1. The van der Waals surface area contributed by atoms with Crippen LogP contribution in [0.15, 0.2) is 12.7 Å². The molecule has 1 heteroatoms. The smallest absolute Gasteiger partial charge is 0.00193 e. The van der Waals surface area contributed by atoms with Crippen LogP contribution in [-0.2, 0) is 0 Å². The quantitative estimate of drug-likeness (QED) is 0.520. The van der Waals surface area contributed by atoms with Crippen molar-refractivity contribution in [2.45, 2.75) is 13.3 Å². The number of hydrogen-bond donors (Lipinski definition) is 0. The van der Waals surface area contributed by atoms with Crippen LogP contribution in [0.5, 0.6) is 0 Å². The highest BCUT2D eigenvalue weighted by atomic mass is 15.0. The summed E-state index contributed by atoms with van der Waals surface area (Å²) in [5.41, 5.74) is 0. The zero-order valence-corrected chi connectivity index (χ0v) is 6.72. The van der Waals surface area contributed by atoms with Gasteiger partial charge in [0.25, 0.3) is 0 Å². The molecule has 54 valence electrons. The van der Waals surface area contributed by atoms with Crippen molar-refractivity contribution in [2.24, 2.45) is 5.92 Å². The monoisotopic (exact) mass is 127 g/mol. The largest absolute Gasteiger partial charge is 0.309 e. The molecule has 1 nitrogen and oxygen atoms in total. The number of allylic oxidation sites excluding steroid dienone is 1. The Labute approximate surface area is 58.4 Å². The molecule has 0 aromatic rings. The summed E-state index contributed by atoms with van der Waals surface area (Å²) in [6, 6.07) is 0. The van der Waals surface area contributed by atoms with Crippen LogP contribution >= 0.6 is 0 Å². The second-order valence-electron chi connectivity index (χ2n) is 2.80. The van der Waals surface area contributed by atoms with Gasteiger partial charge in [-0.3, -0.25) is 0 Å². The molecule has 1 atom stereocenters. The first-order valence-electron chi connectivity index (χ1n) is 3.44. The minimum atomic E-state index is 0.660. The fourth-order valence-corrected chi connectivity index (χ4v) is 0.580. The summed E-state index contributed by atoms with van der Waals surface area (Å²) in [6.45, 7) is 7.07. The average molecular weight is 127 g/mol. The van der Waals surface area contributed by atoms with Gasteiger partial charge in [0.1, 0.15) is 0 Å². The van der Waals surface area contributed by atoms with Crippen molar-refractivity contribution in [2.75, 3.05) is 20.6 Å². The second-order valence-corrected chi connectivity index (χ2v) is 2.80. The van der Waals surface area contributed by atoms with E-state index in [0.717, 1.165) is 6.54 Å². The summed E-state index contributed by atoms with van der Waals surface area (Å²) in [6.07, 6.45) is 3.22. The lowest BCUT2D eigenvalue weighted by Crippen LogP contribution is -2.14. The Balaban J connectivity index is 3.16. The Bertz CT molecular complexity index is 76.6. The van der Waals surface area contributed by atoms with Crippen molar-refractivity contribution in [3.05, 3.63) is 12.7 Å². The van der Waals surface area contributed by atoms with Gasteiger partial charge in [0.05, 0.1) is 0 Å². The van der Waals surface area contributed by atoms with Crippen LogP contribution in [-0.4, -0.2) is 25.5 Å². The van der Waals surface area contributed by atoms with Crippen molar-refractivity contribution in [1.82, 2.24) is 4.90 Å². The average Bonchev–Trinajstić information content (AvgIpc) is 1.83. The maximum absolute atomic E-state index is 3.72. The minimum Gasteiger partial charge on any atom is -0.309 e. The Hall–Kier alpha value is -0.300. The number of rotatable bonds is 4. The van der Waals surface area contributed by atoms with E-state index in [1.54, 1.807) is 0 Å². The molecule has 0 unspecified atom stereocenters. The highest BCUT2D eigenvalue weighted by molar-refractivity contribution is 4.74. The molecule has 0 radical (unpaired) electrons. The van der Waals surface area contributed by atoms with E-state index in [1.165, 1.54) is 6.42 Å². The topological polar surface area (TPSA) is 3.24 Å². The Kier molecular flexibility index (Phi) is 4.41. The molecule has 0 rings (SSSR count). The standard InChI is InChI=1S/C8H17N/c1-5-8(2)6-7-9(3)4/h5,8H,1,6-7H2,2-4H3/t8-/m1/s1. The van der Waals surface area contributed by atoms with Crippen molar-refractivity contribution in [3.63, 3.8) is 0 Å². The van der Waals surface area contributed by atoms with Crippen LogP contribution in [0.1, 0.15) is 13.3 Å². The third-order valence-corrected chi connectivity index (χ3v) is 1.43. The van der Waals surface area contributed by atoms with Gasteiger partial charge < -0.3 is 4.90 Å². The molecule has 0 aromatic carbocycles. The predicted molar refractivity (Wildman–Crippen MR) is 42.5 cm³/mol. The lowest BCUT2D eigenvalue weighted by Gasteiger charge is -2.10. The summed E-state index contributed by atoms with van der Waals surface area (Å²) < 4.78 is 0. The van der Waals surface area contributed by atoms with Gasteiger partial charge in [-0.25, -0.2) is 0 Å². The highest BCUT2D eigenvalue weighted by Gasteiger charge is 1.95. The van der Waals surface area contributed by atoms with Crippen LogP contribution in [0.25, 0.3) is 0 Å². The molecule has 0 aliphatic rings. The zero-order chi connectivity index (χ0) is 7.28. The molecular weight excluding hydrogens is 110 g/mol. The molecule has 0 N–H and O–H groups in total. The van der Waals surface area contributed by atoms with E-state index in [-0.39, 0.29) is 0 Å². The van der Waals surface area contributed by atoms with Crippen molar-refractivity contribution >= 4 is 0 Å². The fraction of sp³-hybridized carbons (Fsp3) is 0.750. The third kappa shape index (κ3) is 5.57. The van der Waals surface area contributed by atoms with E-state index in [0.29, 0.717) is 5.92 Å². The Morgan fingerprint density at radius 3 is 2.44 bits per heavy atom. The molecule has 9 heavy (non-hydrogen) atoms. The summed E-state index contributed by atoms with van der Waals surface area (Å²) >= 11 is 0. The molecule has 0 aliphatic heterocycles. The van der Waals surface area contributed by atoms with Crippen LogP contribution in [0, 0.1) is 5.92 Å². The van der Waals surface area contributed by atoms with Gasteiger partial charge in [-0.15, -0.1) is 6.58 Å². The molecule has 0 saturated heterocycles. The molecule has 0 aliphatic carbocycles. The third-order valence-electron chi connectivity index (χ3n) is 1.43. The maximum Gasteiger partial charge on any atom is -0.00193 e. The fourth-order valence-electron chi connectivity index (χ4n) is 0.580. The van der Waals surface area contributed by atoms with E-state index in [2.05, 4.69) is 32.5 Å². The number of hydrogen-bond acceptors (Lipinski definition) is 1. The molecular formula is C8H17N. The minimum absolute atomic E-state index is 0.660. The Morgan fingerprint density at radius 1 is 1.56 bits per heavy atom. The SMILES string of the molecule is C=C[C@@H](C)CCN(C)C. The predicted octanol–water partition coefficient (Wildman–Crippen LogP) is 1.76. The van der Waals surface area contributed by atoms with Gasteiger partial charge in [-0.1, -0.05) is 13.0 Å². The lowest BCUT2D eigenvalue weighted by atomic mass is 10.1. The second kappa shape index (κ2) is 4.57. The van der Waals surface area contributed by atoms with Crippen molar-refractivity contribution in [1.29, 1.82) is 0 Å². The first kappa shape index (κ1) is 8.70. The van der Waals surface area contributed by atoms with Gasteiger partial charge in [-0.2, -0.15) is 0 Å². The van der Waals surface area contributed by atoms with Crippen LogP contribution < -0.4 is 0 Å². The first-order valence-corrected chi connectivity index (χ1v) is 3.44. The molecule has 0 bridgehead atoms. The van der Waals surface area contributed by atoms with Crippen molar-refractivity contribution in [3.8, 4) is 0 Å². The lowest BCUT2D eigenvalue weighted by molar-refractivity contribution is 0.380. The van der Waals surface area contributed by atoms with Gasteiger partial charge in [0.2, 0.25) is 0 Å². The van der Waals surface area contributed by atoms with Crippen LogP contribution in [0.3, 0.4) is 0 Å². The Morgan fingerprint density at radius 2 is 2.11 bits per heavy atom. The van der Waals surface area contributed by atoms with E-state index < -0.39 is 0 Å². The maximum atomic E-state index is 3.72. The first-order chi connectivity index (χ1) is 4.16.